The fraction of sp³-hybridized carbons (Fsp3) is 0.500. The number of alkyl halides is 3. The van der Waals surface area contributed by atoms with Gasteiger partial charge >= 0.3 is 6.18 Å². The Hall–Kier alpha value is -1.76. The van der Waals surface area contributed by atoms with Gasteiger partial charge in [-0.05, 0) is 31.0 Å². The lowest BCUT2D eigenvalue weighted by atomic mass is 10.1. The quantitative estimate of drug-likeness (QED) is 0.910. The molecule has 0 spiro atoms. The minimum Gasteiger partial charge on any atom is -0.371 e. The zero-order valence-corrected chi connectivity index (χ0v) is 11.2. The van der Waals surface area contributed by atoms with Crippen molar-refractivity contribution >= 4 is 11.6 Å². The van der Waals surface area contributed by atoms with E-state index in [0.717, 1.165) is 25.0 Å². The molecule has 2 N–H and O–H groups in total. The Bertz CT molecular complexity index is 562. The first-order chi connectivity index (χ1) is 9.83. The molecule has 2 atom stereocenters. The van der Waals surface area contributed by atoms with E-state index in [1.54, 1.807) is 0 Å². The van der Waals surface area contributed by atoms with Crippen LogP contribution in [0.15, 0.2) is 18.2 Å². The number of nitrogens with zero attached hydrogens (tertiary/aromatic N) is 1. The van der Waals surface area contributed by atoms with E-state index >= 15 is 0 Å². The van der Waals surface area contributed by atoms with Gasteiger partial charge in [-0.25, -0.2) is 0 Å². The molecule has 2 saturated heterocycles. The van der Waals surface area contributed by atoms with Gasteiger partial charge in [0.2, 0.25) is 5.91 Å². The van der Waals surface area contributed by atoms with E-state index < -0.39 is 17.6 Å². The molecule has 1 amide bonds. The maximum atomic E-state index is 12.9. The Kier molecular flexibility index (Phi) is 3.32. The van der Waals surface area contributed by atoms with Crippen molar-refractivity contribution in [2.75, 3.05) is 18.0 Å². The molecule has 21 heavy (non-hydrogen) atoms. The van der Waals surface area contributed by atoms with Crippen LogP contribution in [0.4, 0.5) is 18.9 Å². The molecule has 1 aromatic carbocycles. The van der Waals surface area contributed by atoms with Crippen LogP contribution in [0.5, 0.6) is 0 Å². The van der Waals surface area contributed by atoms with Crippen LogP contribution in [0.1, 0.15) is 28.8 Å². The minimum absolute atomic E-state index is 0.0512. The van der Waals surface area contributed by atoms with Crippen molar-refractivity contribution < 1.29 is 22.7 Å². The van der Waals surface area contributed by atoms with E-state index in [1.165, 1.54) is 6.07 Å². The number of ether oxygens (including phenoxy) is 1. The Morgan fingerprint density at radius 1 is 1.19 bits per heavy atom. The maximum Gasteiger partial charge on any atom is 0.416 e. The fourth-order valence-electron chi connectivity index (χ4n) is 2.93. The van der Waals surface area contributed by atoms with Gasteiger partial charge in [0.05, 0.1) is 17.8 Å². The number of carbonyl (C=O) groups is 1. The topological polar surface area (TPSA) is 55.6 Å². The van der Waals surface area contributed by atoms with Crippen LogP contribution < -0.4 is 10.6 Å². The highest BCUT2D eigenvalue weighted by atomic mass is 19.4. The molecular formula is C14H15F3N2O2. The first-order valence-electron chi connectivity index (χ1n) is 6.75. The Morgan fingerprint density at radius 3 is 2.33 bits per heavy atom. The summed E-state index contributed by atoms with van der Waals surface area (Å²) in [6, 6.07) is 3.28. The molecule has 2 aliphatic rings. The van der Waals surface area contributed by atoms with Gasteiger partial charge in [0, 0.05) is 24.3 Å². The van der Waals surface area contributed by atoms with E-state index in [4.69, 9.17) is 10.5 Å². The molecule has 2 unspecified atom stereocenters. The lowest BCUT2D eigenvalue weighted by Gasteiger charge is -2.34. The van der Waals surface area contributed by atoms with Crippen molar-refractivity contribution in [3.63, 3.8) is 0 Å². The van der Waals surface area contributed by atoms with Gasteiger partial charge in [-0.15, -0.1) is 0 Å². The molecule has 0 aliphatic carbocycles. The largest absolute Gasteiger partial charge is 0.416 e. The Balaban J connectivity index is 1.97. The number of halogens is 3. The molecular weight excluding hydrogens is 285 g/mol. The summed E-state index contributed by atoms with van der Waals surface area (Å²) in [6.45, 7) is 1.08. The van der Waals surface area contributed by atoms with Crippen molar-refractivity contribution in [1.29, 1.82) is 0 Å². The molecule has 0 saturated carbocycles. The van der Waals surface area contributed by atoms with Gasteiger partial charge in [-0.2, -0.15) is 13.2 Å². The molecule has 2 bridgehead atoms. The molecule has 2 heterocycles. The number of amides is 1. The maximum absolute atomic E-state index is 12.9. The second kappa shape index (κ2) is 4.91. The summed E-state index contributed by atoms with van der Waals surface area (Å²) in [5, 5.41) is 0. The number of hydrogen-bond donors (Lipinski definition) is 1. The number of fused-ring (bicyclic) bond motifs is 2. The number of primary amides is 1. The summed E-state index contributed by atoms with van der Waals surface area (Å²) in [4.78, 5) is 13.1. The van der Waals surface area contributed by atoms with Crippen LogP contribution in [0.25, 0.3) is 0 Å². The molecule has 3 rings (SSSR count). The zero-order chi connectivity index (χ0) is 15.2. The Labute approximate surface area is 119 Å². The van der Waals surface area contributed by atoms with Crippen LogP contribution in [0, 0.1) is 0 Å². The van der Waals surface area contributed by atoms with Crippen molar-refractivity contribution in [2.24, 2.45) is 5.73 Å². The number of rotatable bonds is 2. The highest BCUT2D eigenvalue weighted by Crippen LogP contribution is 2.35. The second-order valence-corrected chi connectivity index (χ2v) is 5.49. The van der Waals surface area contributed by atoms with Gasteiger partial charge in [0.1, 0.15) is 0 Å². The van der Waals surface area contributed by atoms with E-state index in [2.05, 4.69) is 0 Å². The standard InChI is InChI=1S/C14H15F3N2O2/c15-14(16,17)9-3-8(13(18)20)4-10(5-9)19-6-11-1-2-12(7-19)21-11/h3-5,11-12H,1-2,6-7H2,(H2,18,20). The smallest absolute Gasteiger partial charge is 0.371 e. The summed E-state index contributed by atoms with van der Waals surface area (Å²) >= 11 is 0. The normalized spacial score (nSPS) is 25.2. The summed E-state index contributed by atoms with van der Waals surface area (Å²) in [5.74, 6) is -0.862. The van der Waals surface area contributed by atoms with Gasteiger partial charge in [0.25, 0.3) is 0 Å². The number of carbonyl (C=O) groups excluding carboxylic acids is 1. The van der Waals surface area contributed by atoms with Crippen molar-refractivity contribution in [3.05, 3.63) is 29.3 Å². The lowest BCUT2D eigenvalue weighted by molar-refractivity contribution is -0.137. The Morgan fingerprint density at radius 2 is 1.81 bits per heavy atom. The van der Waals surface area contributed by atoms with Crippen LogP contribution in [-0.4, -0.2) is 31.2 Å². The number of morpholine rings is 1. The molecule has 0 radical (unpaired) electrons. The second-order valence-electron chi connectivity index (χ2n) is 5.49. The predicted octanol–water partition coefficient (Wildman–Crippen LogP) is 2.17. The van der Waals surface area contributed by atoms with Crippen LogP contribution in [0.3, 0.4) is 0 Å². The summed E-state index contributed by atoms with van der Waals surface area (Å²) in [5.41, 5.74) is 4.54. The van der Waals surface area contributed by atoms with Crippen molar-refractivity contribution in [1.82, 2.24) is 0 Å². The number of anilines is 1. The highest BCUT2D eigenvalue weighted by Gasteiger charge is 2.36. The average molecular weight is 300 g/mol. The van der Waals surface area contributed by atoms with E-state index in [0.29, 0.717) is 18.8 Å². The zero-order valence-electron chi connectivity index (χ0n) is 11.2. The highest BCUT2D eigenvalue weighted by molar-refractivity contribution is 5.94. The third-order valence-corrected chi connectivity index (χ3v) is 3.94. The van der Waals surface area contributed by atoms with Crippen LogP contribution in [-0.2, 0) is 10.9 Å². The molecule has 114 valence electrons. The summed E-state index contributed by atoms with van der Waals surface area (Å²) in [7, 11) is 0. The number of nitrogens with two attached hydrogens (primary N) is 1. The monoisotopic (exact) mass is 300 g/mol. The molecule has 2 fully saturated rings. The van der Waals surface area contributed by atoms with Crippen molar-refractivity contribution in [2.45, 2.75) is 31.2 Å². The molecule has 0 aromatic heterocycles. The first kappa shape index (κ1) is 14.2. The third-order valence-electron chi connectivity index (χ3n) is 3.94. The van der Waals surface area contributed by atoms with E-state index in [1.807, 2.05) is 4.90 Å². The molecule has 4 nitrogen and oxygen atoms in total. The summed E-state index contributed by atoms with van der Waals surface area (Å²) in [6.07, 6.45) is -2.57. The average Bonchev–Trinajstić information content (AvgIpc) is 2.76. The molecule has 1 aromatic rings. The van der Waals surface area contributed by atoms with Gasteiger partial charge < -0.3 is 15.4 Å². The van der Waals surface area contributed by atoms with Gasteiger partial charge in [0.15, 0.2) is 0 Å². The van der Waals surface area contributed by atoms with Gasteiger partial charge in [-0.3, -0.25) is 4.79 Å². The third kappa shape index (κ3) is 2.83. The molecule has 2 aliphatic heterocycles. The number of benzene rings is 1. The SMILES string of the molecule is NC(=O)c1cc(N2CC3CCC(C2)O3)cc(C(F)(F)F)c1. The fourth-order valence-corrected chi connectivity index (χ4v) is 2.93. The van der Waals surface area contributed by atoms with Crippen LogP contribution >= 0.6 is 0 Å². The lowest BCUT2D eigenvalue weighted by Crippen LogP contribution is -2.42. The van der Waals surface area contributed by atoms with E-state index in [9.17, 15) is 18.0 Å². The van der Waals surface area contributed by atoms with E-state index in [-0.39, 0.29) is 17.8 Å². The van der Waals surface area contributed by atoms with Crippen molar-refractivity contribution in [3.8, 4) is 0 Å². The first-order valence-corrected chi connectivity index (χ1v) is 6.75. The van der Waals surface area contributed by atoms with Gasteiger partial charge in [-0.1, -0.05) is 0 Å². The minimum atomic E-state index is -4.51. The van der Waals surface area contributed by atoms with Crippen LogP contribution in [0.2, 0.25) is 0 Å². The molecule has 7 heteroatoms. The predicted molar refractivity (Wildman–Crippen MR) is 70.1 cm³/mol. The summed E-state index contributed by atoms with van der Waals surface area (Å²) < 4.78 is 44.5. The number of hydrogen-bond acceptors (Lipinski definition) is 3.